The summed E-state index contributed by atoms with van der Waals surface area (Å²) < 4.78 is 9.16. The summed E-state index contributed by atoms with van der Waals surface area (Å²) in [6.45, 7) is 1.94. The number of aryl methyl sites for hydroxylation is 2. The quantitative estimate of drug-likeness (QED) is 0.709. The zero-order valence-electron chi connectivity index (χ0n) is 10.3. The molecule has 7 nitrogen and oxygen atoms in total. The summed E-state index contributed by atoms with van der Waals surface area (Å²) in [7, 11) is 1.68. The molecule has 3 rings (SSSR count). The van der Waals surface area contributed by atoms with Gasteiger partial charge in [0.2, 0.25) is 11.8 Å². The van der Waals surface area contributed by atoms with Crippen molar-refractivity contribution in [1.29, 1.82) is 0 Å². The number of fused-ring (bicyclic) bond motifs is 1. The van der Waals surface area contributed by atoms with Crippen LogP contribution in [0, 0.1) is 6.92 Å². The van der Waals surface area contributed by atoms with Crippen LogP contribution in [0.2, 0.25) is 0 Å². The minimum atomic E-state index is -0.170. The molecule has 0 saturated heterocycles. The smallest absolute Gasteiger partial charge is 0.330 e. The molecule has 0 spiro atoms. The molecule has 0 unspecified atom stereocenters. The second-order valence-corrected chi connectivity index (χ2v) is 5.05. The Morgan fingerprint density at radius 3 is 2.89 bits per heavy atom. The molecule has 0 atom stereocenters. The summed E-state index contributed by atoms with van der Waals surface area (Å²) in [5, 5.41) is 7.66. The van der Waals surface area contributed by atoms with Crippen molar-refractivity contribution in [2.75, 3.05) is 0 Å². The van der Waals surface area contributed by atoms with E-state index in [0.29, 0.717) is 17.4 Å². The highest BCUT2D eigenvalue weighted by Crippen LogP contribution is 2.16. The van der Waals surface area contributed by atoms with Gasteiger partial charge >= 0.3 is 5.69 Å². The summed E-state index contributed by atoms with van der Waals surface area (Å²) in [4.78, 5) is 16.4. The van der Waals surface area contributed by atoms with Gasteiger partial charge < -0.3 is 4.42 Å². The second-order valence-electron chi connectivity index (χ2n) is 4.14. The summed E-state index contributed by atoms with van der Waals surface area (Å²) in [6.07, 6.45) is 1.66. The number of pyridine rings is 1. The number of imidazole rings is 1. The average molecular weight is 324 g/mol. The number of nitrogens with zero attached hydrogens (tertiary/aromatic N) is 5. The topological polar surface area (TPSA) is 78.7 Å². The van der Waals surface area contributed by atoms with Gasteiger partial charge in [-0.05, 0) is 22.0 Å². The van der Waals surface area contributed by atoms with E-state index in [4.69, 9.17) is 4.42 Å². The highest BCUT2D eigenvalue weighted by molar-refractivity contribution is 9.10. The van der Waals surface area contributed by atoms with E-state index >= 15 is 0 Å². The monoisotopic (exact) mass is 323 g/mol. The molecule has 0 fully saturated rings. The van der Waals surface area contributed by atoms with Gasteiger partial charge in [0, 0.05) is 24.6 Å². The van der Waals surface area contributed by atoms with Crippen LogP contribution in [0.25, 0.3) is 11.2 Å². The van der Waals surface area contributed by atoms with E-state index in [1.165, 1.54) is 4.57 Å². The van der Waals surface area contributed by atoms with Crippen molar-refractivity contribution in [3.8, 4) is 0 Å². The van der Waals surface area contributed by atoms with E-state index < -0.39 is 0 Å². The number of halogens is 1. The predicted octanol–water partition coefficient (Wildman–Crippen LogP) is 1.24. The number of aromatic nitrogens is 5. The first-order valence-corrected chi connectivity index (χ1v) is 6.35. The molecule has 0 aliphatic carbocycles. The van der Waals surface area contributed by atoms with Gasteiger partial charge in [-0.15, -0.1) is 10.2 Å². The van der Waals surface area contributed by atoms with Crippen LogP contribution >= 0.6 is 15.9 Å². The normalized spacial score (nSPS) is 11.3. The Hall–Kier alpha value is -1.96. The molecule has 19 heavy (non-hydrogen) atoms. The van der Waals surface area contributed by atoms with E-state index in [0.717, 1.165) is 9.99 Å². The SMILES string of the molecule is Cc1nnc(Cn2c(=O)n(C)c3ncc(Br)cc32)o1. The van der Waals surface area contributed by atoms with Gasteiger partial charge in [-0.3, -0.25) is 9.13 Å². The zero-order valence-corrected chi connectivity index (χ0v) is 11.9. The summed E-state index contributed by atoms with van der Waals surface area (Å²) in [6, 6.07) is 1.84. The van der Waals surface area contributed by atoms with Crippen molar-refractivity contribution in [2.24, 2.45) is 7.05 Å². The van der Waals surface area contributed by atoms with Crippen molar-refractivity contribution in [1.82, 2.24) is 24.3 Å². The molecule has 0 aromatic carbocycles. The molecule has 0 N–H and O–H groups in total. The fraction of sp³-hybridized carbons (Fsp3) is 0.273. The first-order valence-electron chi connectivity index (χ1n) is 5.56. The Morgan fingerprint density at radius 2 is 2.21 bits per heavy atom. The highest BCUT2D eigenvalue weighted by atomic mass is 79.9. The van der Waals surface area contributed by atoms with Crippen molar-refractivity contribution in [3.05, 3.63) is 39.0 Å². The molecule has 0 aliphatic rings. The lowest BCUT2D eigenvalue weighted by Gasteiger charge is -1.98. The first-order chi connectivity index (χ1) is 9.06. The van der Waals surface area contributed by atoms with E-state index in [9.17, 15) is 4.79 Å². The maximum absolute atomic E-state index is 12.2. The Morgan fingerprint density at radius 1 is 1.42 bits per heavy atom. The summed E-state index contributed by atoms with van der Waals surface area (Å²) in [5.41, 5.74) is 1.17. The standard InChI is InChI=1S/C11H10BrN5O2/c1-6-14-15-9(19-6)5-17-8-3-7(12)4-13-10(8)16(2)11(17)18/h3-4H,5H2,1-2H3. The van der Waals surface area contributed by atoms with E-state index in [2.05, 4.69) is 31.1 Å². The lowest BCUT2D eigenvalue weighted by atomic mass is 10.4. The third-order valence-electron chi connectivity index (χ3n) is 2.80. The van der Waals surface area contributed by atoms with Crippen LogP contribution in [0.1, 0.15) is 11.8 Å². The number of hydrogen-bond donors (Lipinski definition) is 0. The number of hydrogen-bond acceptors (Lipinski definition) is 5. The van der Waals surface area contributed by atoms with E-state index in [-0.39, 0.29) is 12.2 Å². The summed E-state index contributed by atoms with van der Waals surface area (Å²) in [5.74, 6) is 0.870. The predicted molar refractivity (Wildman–Crippen MR) is 70.8 cm³/mol. The minimum Gasteiger partial charge on any atom is -0.424 e. The van der Waals surface area contributed by atoms with E-state index in [1.807, 2.05) is 6.07 Å². The van der Waals surface area contributed by atoms with Crippen LogP contribution in [-0.2, 0) is 13.6 Å². The maximum Gasteiger partial charge on any atom is 0.330 e. The van der Waals surface area contributed by atoms with Crippen molar-refractivity contribution in [2.45, 2.75) is 13.5 Å². The molecule has 3 aromatic heterocycles. The van der Waals surface area contributed by atoms with Crippen molar-refractivity contribution in [3.63, 3.8) is 0 Å². The molecule has 3 heterocycles. The molecule has 0 aliphatic heterocycles. The zero-order chi connectivity index (χ0) is 13.6. The average Bonchev–Trinajstić information content (AvgIpc) is 2.88. The molecular formula is C11H10BrN5O2. The van der Waals surface area contributed by atoms with Crippen molar-refractivity contribution < 1.29 is 4.42 Å². The van der Waals surface area contributed by atoms with Crippen LogP contribution in [0.3, 0.4) is 0 Å². The molecular weight excluding hydrogens is 314 g/mol. The maximum atomic E-state index is 12.2. The second kappa shape index (κ2) is 4.30. The van der Waals surface area contributed by atoms with Gasteiger partial charge in [0.1, 0.15) is 6.54 Å². The summed E-state index contributed by atoms with van der Waals surface area (Å²) >= 11 is 3.35. The Balaban J connectivity index is 2.19. The van der Waals surface area contributed by atoms with Gasteiger partial charge in [0.15, 0.2) is 5.65 Å². The van der Waals surface area contributed by atoms with Crippen LogP contribution in [0.4, 0.5) is 0 Å². The lowest BCUT2D eigenvalue weighted by Crippen LogP contribution is -2.22. The molecule has 0 bridgehead atoms. The molecule has 8 heteroatoms. The molecule has 0 saturated carbocycles. The van der Waals surface area contributed by atoms with Crippen molar-refractivity contribution >= 4 is 27.1 Å². The van der Waals surface area contributed by atoms with Crippen LogP contribution < -0.4 is 5.69 Å². The minimum absolute atomic E-state index is 0.170. The van der Waals surface area contributed by atoms with Gasteiger partial charge in [-0.1, -0.05) is 0 Å². The van der Waals surface area contributed by atoms with Crippen LogP contribution in [0.15, 0.2) is 25.9 Å². The van der Waals surface area contributed by atoms with Gasteiger partial charge in [0.25, 0.3) is 0 Å². The highest BCUT2D eigenvalue weighted by Gasteiger charge is 2.14. The third kappa shape index (κ3) is 1.97. The van der Waals surface area contributed by atoms with Crippen LogP contribution in [0.5, 0.6) is 0 Å². The Kier molecular flexibility index (Phi) is 2.74. The number of rotatable bonds is 2. The fourth-order valence-corrected chi connectivity index (χ4v) is 2.26. The van der Waals surface area contributed by atoms with Gasteiger partial charge in [0.05, 0.1) is 5.52 Å². The Bertz CT molecular complexity index is 816. The molecule has 0 amide bonds. The Labute approximate surface area is 116 Å². The molecule has 98 valence electrons. The fourth-order valence-electron chi connectivity index (χ4n) is 1.94. The molecule has 0 radical (unpaired) electrons. The molecule has 3 aromatic rings. The lowest BCUT2D eigenvalue weighted by molar-refractivity contribution is 0.453. The first kappa shape index (κ1) is 12.1. The van der Waals surface area contributed by atoms with E-state index in [1.54, 1.807) is 24.7 Å². The third-order valence-corrected chi connectivity index (χ3v) is 3.24. The van der Waals surface area contributed by atoms with Gasteiger partial charge in [-0.25, -0.2) is 9.78 Å². The van der Waals surface area contributed by atoms with Crippen LogP contribution in [-0.4, -0.2) is 24.3 Å². The van der Waals surface area contributed by atoms with Gasteiger partial charge in [-0.2, -0.15) is 0 Å². The largest absolute Gasteiger partial charge is 0.424 e.